The van der Waals surface area contributed by atoms with E-state index >= 15 is 17.6 Å². The summed E-state index contributed by atoms with van der Waals surface area (Å²) in [5.41, 5.74) is 3.19. The minimum atomic E-state index is -3.68. The fourth-order valence-electron chi connectivity index (χ4n) is 16.8. The zero-order chi connectivity index (χ0) is 78.2. The van der Waals surface area contributed by atoms with E-state index in [1.54, 1.807) is 0 Å². The predicted octanol–water partition coefficient (Wildman–Crippen LogP) is 16.6. The lowest BCUT2D eigenvalue weighted by atomic mass is 9.72. The summed E-state index contributed by atoms with van der Waals surface area (Å²) in [6.45, 7) is 7.31. The van der Waals surface area contributed by atoms with E-state index in [2.05, 4.69) is 0 Å². The first kappa shape index (κ1) is 75.4. The smallest absolute Gasteiger partial charge is 0.347 e. The molecule has 4 nitrogen and oxygen atoms in total. The van der Waals surface area contributed by atoms with Gasteiger partial charge in [0.2, 0.25) is 0 Å². The van der Waals surface area contributed by atoms with Crippen LogP contribution in [0.2, 0.25) is 0 Å². The summed E-state index contributed by atoms with van der Waals surface area (Å²) in [7, 11) is -14.7. The van der Waals surface area contributed by atoms with Crippen molar-refractivity contribution in [2.24, 2.45) is 0 Å². The molecule has 114 heavy (non-hydrogen) atoms. The quantitative estimate of drug-likeness (QED) is 0.0325. The average Bonchev–Trinajstić information content (AvgIpc) is 0.763. The van der Waals surface area contributed by atoms with Crippen molar-refractivity contribution < 1.29 is 35.3 Å². The Morgan fingerprint density at radius 3 is 0.395 bits per heavy atom. The van der Waals surface area contributed by atoms with Gasteiger partial charge in [0.05, 0.1) is 0 Å². The van der Waals surface area contributed by atoms with Crippen LogP contribution in [0.15, 0.2) is 413 Å². The summed E-state index contributed by atoms with van der Waals surface area (Å²) in [6.07, 6.45) is 0. The SMILES string of the molecule is Cc1cc(C(c2cc(C)c(O[Si](c3ccccc3)(c3ccccc3)c3ccccc3)c(F)c2)C(c2cc(C)c(O[Si](c3ccccc3)(c3ccccc3)c3ccccc3)c(F)c2)c2cc(C)c(O[Si](c3ccccc3)(c3ccccc3)c3ccccc3)c(F)c2)cc(F)c1O[Si](c1ccccc1)(c1ccccc1)c1ccccc1. The summed E-state index contributed by atoms with van der Waals surface area (Å²) >= 11 is 0. The Hall–Kier alpha value is -12.7. The van der Waals surface area contributed by atoms with E-state index in [1.165, 1.54) is 24.3 Å². The van der Waals surface area contributed by atoms with E-state index in [0.29, 0.717) is 44.5 Å². The molecule has 0 fully saturated rings. The molecule has 16 aromatic carbocycles. The van der Waals surface area contributed by atoms with Crippen LogP contribution in [0.3, 0.4) is 0 Å². The lowest BCUT2D eigenvalue weighted by Gasteiger charge is -2.36. The summed E-state index contributed by atoms with van der Waals surface area (Å²) in [4.78, 5) is 0. The van der Waals surface area contributed by atoms with Gasteiger partial charge in [-0.2, -0.15) is 0 Å². The number of benzene rings is 16. The highest BCUT2D eigenvalue weighted by molar-refractivity contribution is 7.09. The summed E-state index contributed by atoms with van der Waals surface area (Å²) in [6, 6.07) is 133. The number of rotatable bonds is 25. The molecule has 0 aliphatic rings. The number of halogens is 4. The Bertz CT molecular complexity index is 4740. The molecular weight excluding hydrogens is 1480 g/mol. The average molecular weight is 1560 g/mol. The molecule has 0 unspecified atom stereocenters. The van der Waals surface area contributed by atoms with Crippen molar-refractivity contribution in [3.05, 3.63) is 480 Å². The van der Waals surface area contributed by atoms with Gasteiger partial charge in [-0.3, -0.25) is 0 Å². The third-order valence-corrected chi connectivity index (χ3v) is 37.8. The minimum Gasteiger partial charge on any atom is -0.528 e. The topological polar surface area (TPSA) is 36.9 Å². The normalized spacial score (nSPS) is 11.8. The van der Waals surface area contributed by atoms with Crippen LogP contribution in [0.25, 0.3) is 0 Å². The molecule has 0 saturated carbocycles. The van der Waals surface area contributed by atoms with Crippen molar-refractivity contribution in [2.75, 3.05) is 0 Å². The Balaban J connectivity index is 0.954. The van der Waals surface area contributed by atoms with Crippen molar-refractivity contribution in [1.82, 2.24) is 0 Å². The molecule has 0 aliphatic heterocycles. The van der Waals surface area contributed by atoms with Gasteiger partial charge in [-0.05, 0) is 159 Å². The second-order valence-corrected chi connectivity index (χ2v) is 42.3. The van der Waals surface area contributed by atoms with Gasteiger partial charge < -0.3 is 17.7 Å². The van der Waals surface area contributed by atoms with Crippen molar-refractivity contribution in [3.8, 4) is 23.0 Å². The third-order valence-electron chi connectivity index (χ3n) is 22.0. The molecule has 0 spiro atoms. The molecule has 0 radical (unpaired) electrons. The van der Waals surface area contributed by atoms with E-state index < -0.39 is 68.4 Å². The Kier molecular flexibility index (Phi) is 21.8. The van der Waals surface area contributed by atoms with Crippen LogP contribution < -0.4 is 79.9 Å². The van der Waals surface area contributed by atoms with Crippen LogP contribution in [0.4, 0.5) is 17.6 Å². The lowest BCUT2D eigenvalue weighted by molar-refractivity contribution is 0.493. The van der Waals surface area contributed by atoms with Gasteiger partial charge in [0.15, 0.2) is 23.3 Å². The van der Waals surface area contributed by atoms with E-state index in [0.717, 1.165) is 62.2 Å². The number of hydrogen-bond donors (Lipinski definition) is 0. The highest BCUT2D eigenvalue weighted by Gasteiger charge is 2.50. The molecule has 558 valence electrons. The highest BCUT2D eigenvalue weighted by Crippen LogP contribution is 2.49. The van der Waals surface area contributed by atoms with E-state index in [1.807, 2.05) is 416 Å². The van der Waals surface area contributed by atoms with Crippen LogP contribution in [-0.4, -0.2) is 33.3 Å². The van der Waals surface area contributed by atoms with Crippen LogP contribution in [0, 0.1) is 51.0 Å². The van der Waals surface area contributed by atoms with Crippen LogP contribution in [0.5, 0.6) is 23.0 Å². The van der Waals surface area contributed by atoms with E-state index in [-0.39, 0.29) is 23.0 Å². The molecular formula is C102H82F4O4Si4. The summed E-state index contributed by atoms with van der Waals surface area (Å²) in [5.74, 6) is -5.00. The van der Waals surface area contributed by atoms with E-state index in [9.17, 15) is 0 Å². The zero-order valence-electron chi connectivity index (χ0n) is 63.6. The Morgan fingerprint density at radius 2 is 0.289 bits per heavy atom. The molecule has 0 aliphatic carbocycles. The second kappa shape index (κ2) is 32.9. The predicted molar refractivity (Wildman–Crippen MR) is 467 cm³/mol. The van der Waals surface area contributed by atoms with E-state index in [4.69, 9.17) is 17.7 Å². The maximum absolute atomic E-state index is 19.2. The Labute approximate surface area is 669 Å². The van der Waals surface area contributed by atoms with Gasteiger partial charge in [-0.1, -0.05) is 388 Å². The highest BCUT2D eigenvalue weighted by atomic mass is 28.4. The van der Waals surface area contributed by atoms with Gasteiger partial charge >= 0.3 is 33.3 Å². The first-order chi connectivity index (χ1) is 55.8. The lowest BCUT2D eigenvalue weighted by Crippen LogP contribution is -2.71. The van der Waals surface area contributed by atoms with Crippen LogP contribution >= 0.6 is 0 Å². The number of aryl methyl sites for hydroxylation is 4. The second-order valence-electron chi connectivity index (χ2n) is 29.1. The standard InChI is InChI=1S/C102H82F4O4Si4/c1-73-65-77(69-93(103)99(73)107-111(81-41-17-5-18-42-81,82-43-19-6-20-44-82)83-45-21-7-22-46-83)97(78-66-74(2)100(94(104)70-78)108-112(84-47-23-8-24-48-84,85-49-25-9-26-50-85)86-51-27-10-28-52-86)98(79-67-75(3)101(95(105)71-79)109-113(87-53-29-11-30-54-87,88-55-31-12-32-56-88)89-57-33-13-34-58-89)80-68-76(4)102(96(106)72-80)110-114(90-59-35-14-36-60-90,91-61-37-15-38-62-91)92-63-39-16-40-64-92/h5-72,97-98H,1-4H3. The third kappa shape index (κ3) is 14.3. The summed E-state index contributed by atoms with van der Waals surface area (Å²) < 4.78 is 107. The first-order valence-electron chi connectivity index (χ1n) is 38.4. The van der Waals surface area contributed by atoms with Crippen molar-refractivity contribution in [3.63, 3.8) is 0 Å². The molecule has 16 rings (SSSR count). The fraction of sp³-hybridized carbons (Fsp3) is 0.0588. The molecule has 0 saturated heterocycles. The number of hydrogen-bond acceptors (Lipinski definition) is 4. The summed E-state index contributed by atoms with van der Waals surface area (Å²) in [5, 5.41) is 10.6. The zero-order valence-corrected chi connectivity index (χ0v) is 67.6. The van der Waals surface area contributed by atoms with Gasteiger partial charge in [0, 0.05) is 11.8 Å². The van der Waals surface area contributed by atoms with Crippen molar-refractivity contribution >= 4 is 95.5 Å². The molecule has 16 aromatic rings. The molecule has 0 atom stereocenters. The largest absolute Gasteiger partial charge is 0.528 e. The molecule has 0 heterocycles. The van der Waals surface area contributed by atoms with Gasteiger partial charge in [0.1, 0.15) is 23.0 Å². The molecule has 12 heteroatoms. The fourth-order valence-corrected chi connectivity index (χ4v) is 32.4. The maximum atomic E-state index is 19.2. The first-order valence-corrected chi connectivity index (χ1v) is 46.1. The van der Waals surface area contributed by atoms with Gasteiger partial charge in [-0.25, -0.2) is 17.6 Å². The van der Waals surface area contributed by atoms with Crippen LogP contribution in [-0.2, 0) is 0 Å². The van der Waals surface area contributed by atoms with Crippen molar-refractivity contribution in [1.29, 1.82) is 0 Å². The molecule has 0 amide bonds. The van der Waals surface area contributed by atoms with Gasteiger partial charge in [0.25, 0.3) is 0 Å². The molecule has 0 aromatic heterocycles. The maximum Gasteiger partial charge on any atom is 0.347 e. The molecule has 0 N–H and O–H groups in total. The minimum absolute atomic E-state index is 0.0185. The van der Waals surface area contributed by atoms with Crippen molar-refractivity contribution in [2.45, 2.75) is 39.5 Å². The molecule has 0 bridgehead atoms. The van der Waals surface area contributed by atoms with Gasteiger partial charge in [-0.15, -0.1) is 0 Å². The Morgan fingerprint density at radius 1 is 0.175 bits per heavy atom. The van der Waals surface area contributed by atoms with Crippen LogP contribution in [0.1, 0.15) is 56.3 Å². The monoisotopic (exact) mass is 1560 g/mol.